The number of nitrogens with zero attached hydrogens (tertiary/aromatic N) is 1. The van der Waals surface area contributed by atoms with E-state index in [4.69, 9.17) is 0 Å². The highest BCUT2D eigenvalue weighted by Gasteiger charge is 2.16. The summed E-state index contributed by atoms with van der Waals surface area (Å²) >= 11 is 3.65. The molecule has 0 unspecified atom stereocenters. The summed E-state index contributed by atoms with van der Waals surface area (Å²) in [6.07, 6.45) is 0.791. The van der Waals surface area contributed by atoms with E-state index in [2.05, 4.69) is 57.9 Å². The van der Waals surface area contributed by atoms with Crippen LogP contribution in [0.15, 0.2) is 82.2 Å². The summed E-state index contributed by atoms with van der Waals surface area (Å²) in [5.74, 6) is -0.101. The van der Waals surface area contributed by atoms with Gasteiger partial charge in [0.2, 0.25) is 0 Å². The molecule has 5 nitrogen and oxygen atoms in total. The van der Waals surface area contributed by atoms with E-state index in [-0.39, 0.29) is 17.7 Å². The lowest BCUT2D eigenvalue weighted by atomic mass is 10.1. The number of carbonyl (C=O) groups excluding carboxylic acids is 1. The Morgan fingerprint density at radius 3 is 2.37 bits per heavy atom. The fraction of sp³-hybridized carbons (Fsp3) is 0.250. The fourth-order valence-electron chi connectivity index (χ4n) is 4.28. The van der Waals surface area contributed by atoms with E-state index in [1.807, 2.05) is 30.3 Å². The number of hydrogen-bond acceptors (Lipinski definition) is 3. The molecule has 182 valence electrons. The second kappa shape index (κ2) is 10.4. The molecule has 4 rings (SSSR count). The van der Waals surface area contributed by atoms with Crippen LogP contribution in [0.4, 0.5) is 0 Å². The first-order valence-corrected chi connectivity index (χ1v) is 14.1. The highest BCUT2D eigenvalue weighted by atomic mass is 79.9. The van der Waals surface area contributed by atoms with Crippen molar-refractivity contribution in [1.82, 2.24) is 9.88 Å². The van der Waals surface area contributed by atoms with Crippen LogP contribution in [0.2, 0.25) is 0 Å². The van der Waals surface area contributed by atoms with Gasteiger partial charge >= 0.3 is 0 Å². The Labute approximate surface area is 215 Å². The Morgan fingerprint density at radius 2 is 1.71 bits per heavy atom. The number of aromatic nitrogens is 1. The Morgan fingerprint density at radius 1 is 1.00 bits per heavy atom. The lowest BCUT2D eigenvalue weighted by Crippen LogP contribution is -2.22. The smallest absolute Gasteiger partial charge is 0.251 e. The topological polar surface area (TPSA) is 68.2 Å². The van der Waals surface area contributed by atoms with Crippen molar-refractivity contribution in [2.24, 2.45) is 0 Å². The molecule has 0 bridgehead atoms. The number of rotatable bonds is 8. The van der Waals surface area contributed by atoms with Crippen molar-refractivity contribution < 1.29 is 13.2 Å². The van der Waals surface area contributed by atoms with Crippen LogP contribution in [0.5, 0.6) is 0 Å². The quantitative estimate of drug-likeness (QED) is 0.279. The van der Waals surface area contributed by atoms with E-state index in [1.54, 1.807) is 31.2 Å². The lowest BCUT2D eigenvalue weighted by molar-refractivity contribution is 0.0951. The monoisotopic (exact) mass is 552 g/mol. The van der Waals surface area contributed by atoms with Gasteiger partial charge in [0.05, 0.1) is 10.6 Å². The first-order valence-electron chi connectivity index (χ1n) is 11.7. The summed E-state index contributed by atoms with van der Waals surface area (Å²) < 4.78 is 27.4. The first-order chi connectivity index (χ1) is 16.7. The number of carbonyl (C=O) groups is 1. The molecular weight excluding hydrogens is 524 g/mol. The van der Waals surface area contributed by atoms with Crippen molar-refractivity contribution in [2.45, 2.75) is 44.7 Å². The van der Waals surface area contributed by atoms with E-state index in [9.17, 15) is 13.2 Å². The molecule has 0 aliphatic rings. The number of amides is 1. The Balaban J connectivity index is 1.54. The van der Waals surface area contributed by atoms with Crippen molar-refractivity contribution >= 4 is 42.6 Å². The number of halogens is 1. The molecule has 0 spiro atoms. The second-order valence-corrected chi connectivity index (χ2v) is 12.0. The maximum absolute atomic E-state index is 12.9. The van der Waals surface area contributed by atoms with E-state index in [0.29, 0.717) is 17.0 Å². The zero-order valence-electron chi connectivity index (χ0n) is 20.1. The first kappa shape index (κ1) is 25.2. The van der Waals surface area contributed by atoms with Gasteiger partial charge in [-0.3, -0.25) is 4.79 Å². The average molecular weight is 554 g/mol. The van der Waals surface area contributed by atoms with Crippen LogP contribution in [0.3, 0.4) is 0 Å². The largest absolute Gasteiger partial charge is 0.348 e. The van der Waals surface area contributed by atoms with Crippen molar-refractivity contribution in [2.75, 3.05) is 5.75 Å². The van der Waals surface area contributed by atoms with Gasteiger partial charge in [0.25, 0.3) is 5.91 Å². The van der Waals surface area contributed by atoms with Crippen LogP contribution >= 0.6 is 15.9 Å². The standard InChI is InChI=1S/C28H29BrN2O3S/c1-4-35(33,34)25-12-9-20(10-13-25)18-30-28(32)22-11-14-27-23(15-22)17-24(31(27)19(2)3)16-21-7-5-6-8-26(21)29/h5-15,17,19H,4,16,18H2,1-3H3,(H,30,32). The second-order valence-electron chi connectivity index (χ2n) is 8.87. The Hall–Kier alpha value is -2.90. The fourth-order valence-corrected chi connectivity index (χ4v) is 5.59. The normalized spacial score (nSPS) is 11.8. The zero-order chi connectivity index (χ0) is 25.2. The predicted octanol–water partition coefficient (Wildman–Crippen LogP) is 6.30. The van der Waals surface area contributed by atoms with Gasteiger partial charge in [0, 0.05) is 45.6 Å². The molecule has 35 heavy (non-hydrogen) atoms. The van der Waals surface area contributed by atoms with Crippen LogP contribution in [-0.4, -0.2) is 24.6 Å². The van der Waals surface area contributed by atoms with Crippen LogP contribution in [0, 0.1) is 0 Å². The molecule has 0 saturated carbocycles. The van der Waals surface area contributed by atoms with Gasteiger partial charge < -0.3 is 9.88 Å². The third kappa shape index (κ3) is 5.52. The highest BCUT2D eigenvalue weighted by Crippen LogP contribution is 2.29. The van der Waals surface area contributed by atoms with Gasteiger partial charge in [0.1, 0.15) is 0 Å². The molecule has 0 saturated heterocycles. The van der Waals surface area contributed by atoms with E-state index in [0.717, 1.165) is 27.4 Å². The number of sulfone groups is 1. The molecule has 1 N–H and O–H groups in total. The van der Waals surface area contributed by atoms with Crippen LogP contribution in [-0.2, 0) is 22.8 Å². The molecule has 7 heteroatoms. The third-order valence-corrected chi connectivity index (χ3v) is 8.67. The predicted molar refractivity (Wildman–Crippen MR) is 145 cm³/mol. The summed E-state index contributed by atoms with van der Waals surface area (Å²) in [6.45, 7) is 6.28. The molecule has 4 aromatic rings. The molecule has 0 aliphatic carbocycles. The molecule has 1 aromatic heterocycles. The third-order valence-electron chi connectivity index (χ3n) is 6.14. The molecular formula is C28H29BrN2O3S. The van der Waals surface area contributed by atoms with Gasteiger partial charge in [-0.2, -0.15) is 0 Å². The zero-order valence-corrected chi connectivity index (χ0v) is 22.5. The molecule has 0 atom stereocenters. The van der Waals surface area contributed by atoms with E-state index in [1.165, 1.54) is 11.3 Å². The minimum atomic E-state index is -3.23. The van der Waals surface area contributed by atoms with Gasteiger partial charge in [-0.05, 0) is 67.4 Å². The maximum Gasteiger partial charge on any atom is 0.251 e. The molecule has 0 fully saturated rings. The van der Waals surface area contributed by atoms with Gasteiger partial charge in [0.15, 0.2) is 9.84 Å². The number of nitrogens with one attached hydrogen (secondary N) is 1. The molecule has 1 heterocycles. The van der Waals surface area contributed by atoms with Gasteiger partial charge in [-0.25, -0.2) is 8.42 Å². The van der Waals surface area contributed by atoms with Crippen molar-refractivity contribution in [3.05, 3.63) is 99.7 Å². The van der Waals surface area contributed by atoms with Crippen molar-refractivity contribution in [3.63, 3.8) is 0 Å². The van der Waals surface area contributed by atoms with Crippen LogP contribution < -0.4 is 5.32 Å². The molecule has 0 radical (unpaired) electrons. The summed E-state index contributed by atoms with van der Waals surface area (Å²) in [4.78, 5) is 13.2. The highest BCUT2D eigenvalue weighted by molar-refractivity contribution is 9.10. The summed E-state index contributed by atoms with van der Waals surface area (Å²) in [7, 11) is -3.23. The minimum absolute atomic E-state index is 0.0639. The summed E-state index contributed by atoms with van der Waals surface area (Å²) in [5, 5.41) is 3.97. The minimum Gasteiger partial charge on any atom is -0.348 e. The molecule has 0 aliphatic heterocycles. The Kier molecular flexibility index (Phi) is 7.47. The molecule has 3 aromatic carbocycles. The van der Waals surface area contributed by atoms with E-state index < -0.39 is 9.84 Å². The number of hydrogen-bond donors (Lipinski definition) is 1. The number of fused-ring (bicyclic) bond motifs is 1. The molecule has 1 amide bonds. The SMILES string of the molecule is CCS(=O)(=O)c1ccc(CNC(=O)c2ccc3c(c2)cc(Cc2ccccc2Br)n3C(C)C)cc1. The number of benzene rings is 3. The maximum atomic E-state index is 12.9. The Bertz CT molecular complexity index is 1470. The average Bonchev–Trinajstić information content (AvgIpc) is 3.21. The van der Waals surface area contributed by atoms with Crippen molar-refractivity contribution in [3.8, 4) is 0 Å². The van der Waals surface area contributed by atoms with Gasteiger partial charge in [-0.15, -0.1) is 0 Å². The van der Waals surface area contributed by atoms with E-state index >= 15 is 0 Å². The summed E-state index contributed by atoms with van der Waals surface area (Å²) in [5.41, 5.74) is 4.95. The summed E-state index contributed by atoms with van der Waals surface area (Å²) in [6, 6.07) is 23.1. The van der Waals surface area contributed by atoms with Crippen molar-refractivity contribution in [1.29, 1.82) is 0 Å². The van der Waals surface area contributed by atoms with Crippen LogP contribution in [0.25, 0.3) is 10.9 Å². The van der Waals surface area contributed by atoms with Gasteiger partial charge in [-0.1, -0.05) is 53.2 Å². The lowest BCUT2D eigenvalue weighted by Gasteiger charge is -2.15. The van der Waals surface area contributed by atoms with Crippen LogP contribution in [0.1, 0.15) is 54.0 Å².